The Hall–Kier alpha value is -1.06. The summed E-state index contributed by atoms with van der Waals surface area (Å²) in [6, 6.07) is 0.313. The van der Waals surface area contributed by atoms with Crippen molar-refractivity contribution in [3.63, 3.8) is 0 Å². The van der Waals surface area contributed by atoms with E-state index in [1.54, 1.807) is 17.1 Å². The van der Waals surface area contributed by atoms with Crippen molar-refractivity contribution in [2.45, 2.75) is 19.9 Å². The second-order valence-corrected chi connectivity index (χ2v) is 2.79. The summed E-state index contributed by atoms with van der Waals surface area (Å²) in [7, 11) is 0. The lowest BCUT2D eigenvalue weighted by molar-refractivity contribution is 0.273. The van der Waals surface area contributed by atoms with Gasteiger partial charge in [0.05, 0.1) is 12.4 Å². The maximum atomic E-state index is 11.7. The largest absolute Gasteiger partial charge is 0.488 e. The number of ether oxygens (including phenoxy) is 1. The zero-order valence-electron chi connectivity index (χ0n) is 7.33. The average Bonchev–Trinajstić information content (AvgIpc) is 2.48. The minimum absolute atomic E-state index is 0.101. The lowest BCUT2D eigenvalue weighted by Crippen LogP contribution is -2.00. The molecule has 0 N–H and O–H groups in total. The third-order valence-corrected chi connectivity index (χ3v) is 1.45. The molecule has 0 aliphatic rings. The van der Waals surface area contributed by atoms with E-state index in [2.05, 4.69) is 5.10 Å². The van der Waals surface area contributed by atoms with Gasteiger partial charge in [0.15, 0.2) is 5.75 Å². The van der Waals surface area contributed by atoms with Crippen molar-refractivity contribution in [2.24, 2.45) is 0 Å². The number of halogens is 1. The van der Waals surface area contributed by atoms with Crippen LogP contribution in [0.5, 0.6) is 5.75 Å². The second kappa shape index (κ2) is 4.09. The van der Waals surface area contributed by atoms with Crippen molar-refractivity contribution in [3.8, 4) is 5.75 Å². The van der Waals surface area contributed by atoms with Crippen molar-refractivity contribution < 1.29 is 9.13 Å². The molecule has 0 bridgehead atoms. The molecular weight excluding hydrogens is 159 g/mol. The molecular formula is C8H13FN2O. The summed E-state index contributed by atoms with van der Waals surface area (Å²) in [5.74, 6) is 0.626. The van der Waals surface area contributed by atoms with Gasteiger partial charge in [-0.2, -0.15) is 5.10 Å². The van der Waals surface area contributed by atoms with Crippen LogP contribution < -0.4 is 4.74 Å². The van der Waals surface area contributed by atoms with Crippen LogP contribution in [-0.4, -0.2) is 23.1 Å². The van der Waals surface area contributed by atoms with E-state index in [1.807, 2.05) is 13.8 Å². The van der Waals surface area contributed by atoms with Gasteiger partial charge < -0.3 is 4.74 Å². The maximum Gasteiger partial charge on any atom is 0.157 e. The molecule has 0 aliphatic carbocycles. The number of alkyl halides is 1. The lowest BCUT2D eigenvalue weighted by Gasteiger charge is -2.02. The van der Waals surface area contributed by atoms with Gasteiger partial charge in [0.25, 0.3) is 0 Å². The van der Waals surface area contributed by atoms with Crippen LogP contribution in [0.4, 0.5) is 4.39 Å². The second-order valence-electron chi connectivity index (χ2n) is 2.79. The Kier molecular flexibility index (Phi) is 3.08. The van der Waals surface area contributed by atoms with Crippen LogP contribution >= 0.6 is 0 Å². The minimum Gasteiger partial charge on any atom is -0.488 e. The summed E-state index contributed by atoms with van der Waals surface area (Å²) in [4.78, 5) is 0. The molecule has 0 radical (unpaired) electrons. The van der Waals surface area contributed by atoms with Crippen molar-refractivity contribution in [1.29, 1.82) is 0 Å². The first-order valence-corrected chi connectivity index (χ1v) is 3.97. The summed E-state index contributed by atoms with van der Waals surface area (Å²) >= 11 is 0. The minimum atomic E-state index is -0.465. The topological polar surface area (TPSA) is 27.1 Å². The molecule has 0 fully saturated rings. The number of aromatic nitrogens is 2. The van der Waals surface area contributed by atoms with Gasteiger partial charge in [0.2, 0.25) is 0 Å². The van der Waals surface area contributed by atoms with Crippen LogP contribution in [0, 0.1) is 0 Å². The van der Waals surface area contributed by atoms with Crippen LogP contribution in [0.25, 0.3) is 0 Å². The van der Waals surface area contributed by atoms with Crippen molar-refractivity contribution >= 4 is 0 Å². The van der Waals surface area contributed by atoms with Crippen LogP contribution in [0.2, 0.25) is 0 Å². The highest BCUT2D eigenvalue weighted by Gasteiger charge is 2.01. The van der Waals surface area contributed by atoms with Crippen molar-refractivity contribution in [2.75, 3.05) is 13.3 Å². The fourth-order valence-electron chi connectivity index (χ4n) is 0.834. The van der Waals surface area contributed by atoms with Gasteiger partial charge in [-0.3, -0.25) is 4.68 Å². The summed E-state index contributed by atoms with van der Waals surface area (Å²) < 4.78 is 18.5. The van der Waals surface area contributed by atoms with E-state index < -0.39 is 6.67 Å². The molecule has 0 amide bonds. The first-order valence-electron chi connectivity index (χ1n) is 3.97. The fourth-order valence-corrected chi connectivity index (χ4v) is 0.834. The van der Waals surface area contributed by atoms with E-state index in [9.17, 15) is 4.39 Å². The van der Waals surface area contributed by atoms with Crippen LogP contribution in [0.15, 0.2) is 12.4 Å². The van der Waals surface area contributed by atoms with E-state index in [0.29, 0.717) is 11.8 Å². The molecule has 0 unspecified atom stereocenters. The van der Waals surface area contributed by atoms with Gasteiger partial charge in [-0.1, -0.05) is 0 Å². The smallest absolute Gasteiger partial charge is 0.157 e. The quantitative estimate of drug-likeness (QED) is 0.692. The molecule has 0 aliphatic heterocycles. The lowest BCUT2D eigenvalue weighted by atomic mass is 10.4. The maximum absolute atomic E-state index is 11.7. The third-order valence-electron chi connectivity index (χ3n) is 1.45. The van der Waals surface area contributed by atoms with Gasteiger partial charge in [-0.15, -0.1) is 0 Å². The molecule has 1 rings (SSSR count). The fraction of sp³-hybridized carbons (Fsp3) is 0.625. The molecule has 0 aromatic carbocycles. The van der Waals surface area contributed by atoms with Gasteiger partial charge >= 0.3 is 0 Å². The van der Waals surface area contributed by atoms with Gasteiger partial charge in [-0.05, 0) is 13.8 Å². The number of hydrogen-bond acceptors (Lipinski definition) is 2. The zero-order chi connectivity index (χ0) is 8.97. The molecule has 1 aromatic heterocycles. The zero-order valence-corrected chi connectivity index (χ0v) is 7.33. The van der Waals surface area contributed by atoms with E-state index in [4.69, 9.17) is 4.74 Å². The number of rotatable bonds is 4. The Bertz CT molecular complexity index is 235. The Labute approximate surface area is 71.1 Å². The third kappa shape index (κ3) is 2.22. The standard InChI is InChI=1S/C8H13FN2O/c1-7(2)11-6-8(5-10-11)12-4-3-9/h5-7H,3-4H2,1-2H3. The Morgan fingerprint density at radius 2 is 2.42 bits per heavy atom. The predicted octanol–water partition coefficient (Wildman–Crippen LogP) is 1.81. The number of nitrogens with zero attached hydrogens (tertiary/aromatic N) is 2. The van der Waals surface area contributed by atoms with E-state index in [-0.39, 0.29) is 6.61 Å². The molecule has 1 aromatic rings. The Morgan fingerprint density at radius 3 is 2.92 bits per heavy atom. The predicted molar refractivity (Wildman–Crippen MR) is 44.1 cm³/mol. The summed E-state index contributed by atoms with van der Waals surface area (Å²) in [5, 5.41) is 4.04. The molecule has 68 valence electrons. The van der Waals surface area contributed by atoms with Crippen LogP contribution in [0.1, 0.15) is 19.9 Å². The molecule has 12 heavy (non-hydrogen) atoms. The highest BCUT2D eigenvalue weighted by atomic mass is 19.1. The SMILES string of the molecule is CC(C)n1cc(OCCF)cn1. The van der Waals surface area contributed by atoms with Crippen molar-refractivity contribution in [3.05, 3.63) is 12.4 Å². The summed E-state index contributed by atoms with van der Waals surface area (Å²) in [6.07, 6.45) is 3.36. The van der Waals surface area contributed by atoms with Gasteiger partial charge in [0.1, 0.15) is 13.3 Å². The molecule has 4 heteroatoms. The van der Waals surface area contributed by atoms with Gasteiger partial charge in [0, 0.05) is 6.04 Å². The summed E-state index contributed by atoms with van der Waals surface area (Å²) in [6.45, 7) is 3.68. The highest BCUT2D eigenvalue weighted by molar-refractivity contribution is 5.11. The monoisotopic (exact) mass is 172 g/mol. The first-order chi connectivity index (χ1) is 5.74. The molecule has 0 saturated carbocycles. The first kappa shape index (κ1) is 9.03. The van der Waals surface area contributed by atoms with E-state index in [0.717, 1.165) is 0 Å². The van der Waals surface area contributed by atoms with Crippen LogP contribution in [-0.2, 0) is 0 Å². The van der Waals surface area contributed by atoms with Crippen LogP contribution in [0.3, 0.4) is 0 Å². The van der Waals surface area contributed by atoms with Crippen molar-refractivity contribution in [1.82, 2.24) is 9.78 Å². The molecule has 3 nitrogen and oxygen atoms in total. The van der Waals surface area contributed by atoms with E-state index >= 15 is 0 Å². The highest BCUT2D eigenvalue weighted by Crippen LogP contribution is 2.11. The molecule has 1 heterocycles. The number of hydrogen-bond donors (Lipinski definition) is 0. The van der Waals surface area contributed by atoms with Gasteiger partial charge in [-0.25, -0.2) is 4.39 Å². The normalized spacial score (nSPS) is 10.7. The molecule has 0 atom stereocenters. The molecule has 0 spiro atoms. The average molecular weight is 172 g/mol. The Morgan fingerprint density at radius 1 is 1.67 bits per heavy atom. The van der Waals surface area contributed by atoms with E-state index in [1.165, 1.54) is 0 Å². The Balaban J connectivity index is 2.52. The molecule has 0 saturated heterocycles. The summed E-state index contributed by atoms with van der Waals surface area (Å²) in [5.41, 5.74) is 0.